The highest BCUT2D eigenvalue weighted by Crippen LogP contribution is 2.24. The third-order valence-electron chi connectivity index (χ3n) is 6.16. The molecular weight excluding hydrogens is 400 g/mol. The molecule has 0 bridgehead atoms. The molecule has 1 heterocycles. The average molecular weight is 441 g/mol. The van der Waals surface area contributed by atoms with Crippen molar-refractivity contribution in [2.75, 3.05) is 32.8 Å². The Hall–Kier alpha value is -2.08. The quantitative estimate of drug-likeness (QED) is 0.554. The van der Waals surface area contributed by atoms with Crippen LogP contribution in [0.25, 0.3) is 0 Å². The Morgan fingerprint density at radius 2 is 1.59 bits per heavy atom. The normalized spacial score (nSPS) is 19.6. The average Bonchev–Trinajstić information content (AvgIpc) is 2.77. The number of piperidine rings is 1. The molecule has 5 heteroatoms. The molecule has 1 fully saturated rings. The summed E-state index contributed by atoms with van der Waals surface area (Å²) in [5.41, 5.74) is 0.423. The van der Waals surface area contributed by atoms with E-state index < -0.39 is 5.60 Å². The van der Waals surface area contributed by atoms with Crippen LogP contribution in [0.1, 0.15) is 46.1 Å². The van der Waals surface area contributed by atoms with E-state index in [2.05, 4.69) is 61.8 Å². The SMILES string of the molecule is CC(C)N(CCOc1ccc(CN2CCCC(O)(COc3ccccc3)C2)cc1)C(C)C. The van der Waals surface area contributed by atoms with Gasteiger partial charge in [-0.25, -0.2) is 0 Å². The van der Waals surface area contributed by atoms with E-state index in [0.717, 1.165) is 44.0 Å². The standard InChI is InChI=1S/C27H40N2O3/c1-22(2)29(23(3)4)17-18-31-26-13-11-24(12-14-26)19-28-16-8-15-27(30,20-28)21-32-25-9-6-5-7-10-25/h5-7,9-14,22-23,30H,8,15-21H2,1-4H3. The lowest BCUT2D eigenvalue weighted by Crippen LogP contribution is -2.51. The van der Waals surface area contributed by atoms with Gasteiger partial charge in [0.2, 0.25) is 0 Å². The first-order valence-corrected chi connectivity index (χ1v) is 11.9. The van der Waals surface area contributed by atoms with E-state index in [-0.39, 0.29) is 0 Å². The van der Waals surface area contributed by atoms with Gasteiger partial charge >= 0.3 is 0 Å². The van der Waals surface area contributed by atoms with Gasteiger partial charge in [-0.3, -0.25) is 9.80 Å². The third kappa shape index (κ3) is 7.51. The van der Waals surface area contributed by atoms with Gasteiger partial charge in [-0.05, 0) is 76.9 Å². The highest BCUT2D eigenvalue weighted by Gasteiger charge is 2.34. The van der Waals surface area contributed by atoms with E-state index in [0.29, 0.717) is 31.8 Å². The maximum Gasteiger partial charge on any atom is 0.119 e. The van der Waals surface area contributed by atoms with Gasteiger partial charge in [0, 0.05) is 31.7 Å². The van der Waals surface area contributed by atoms with Crippen LogP contribution in [-0.2, 0) is 6.54 Å². The lowest BCUT2D eigenvalue weighted by atomic mass is 9.93. The Labute approximate surface area is 193 Å². The van der Waals surface area contributed by atoms with Crippen LogP contribution >= 0.6 is 0 Å². The van der Waals surface area contributed by atoms with Crippen LogP contribution in [0.3, 0.4) is 0 Å². The molecule has 0 saturated carbocycles. The van der Waals surface area contributed by atoms with Crippen molar-refractivity contribution in [2.45, 2.75) is 64.8 Å². The number of benzene rings is 2. The highest BCUT2D eigenvalue weighted by molar-refractivity contribution is 5.27. The van der Waals surface area contributed by atoms with E-state index in [1.807, 2.05) is 30.3 Å². The van der Waals surface area contributed by atoms with Crippen LogP contribution < -0.4 is 9.47 Å². The number of β-amino-alcohol motifs (C(OH)–C–C–N with tert-alkyl or cyclic N) is 1. The van der Waals surface area contributed by atoms with Crippen LogP contribution in [0.4, 0.5) is 0 Å². The summed E-state index contributed by atoms with van der Waals surface area (Å²) in [5, 5.41) is 11.1. The minimum absolute atomic E-state index is 0.323. The molecule has 3 rings (SSSR count). The van der Waals surface area contributed by atoms with Crippen molar-refractivity contribution in [3.05, 3.63) is 60.2 Å². The predicted octanol–water partition coefficient (Wildman–Crippen LogP) is 4.59. The molecule has 1 saturated heterocycles. The molecule has 1 N–H and O–H groups in total. The van der Waals surface area contributed by atoms with Gasteiger partial charge in [-0.15, -0.1) is 0 Å². The number of aliphatic hydroxyl groups is 1. The molecule has 176 valence electrons. The zero-order valence-corrected chi connectivity index (χ0v) is 20.2. The predicted molar refractivity (Wildman–Crippen MR) is 130 cm³/mol. The Kier molecular flexibility index (Phi) is 8.97. The summed E-state index contributed by atoms with van der Waals surface area (Å²) in [6.07, 6.45) is 1.74. The van der Waals surface area contributed by atoms with E-state index in [9.17, 15) is 5.11 Å². The van der Waals surface area contributed by atoms with Crippen LogP contribution in [-0.4, -0.2) is 65.4 Å². The lowest BCUT2D eigenvalue weighted by Gasteiger charge is -2.39. The number of ether oxygens (including phenoxy) is 2. The number of rotatable bonds is 11. The molecular formula is C27H40N2O3. The number of hydrogen-bond donors (Lipinski definition) is 1. The van der Waals surface area contributed by atoms with Crippen molar-refractivity contribution in [2.24, 2.45) is 0 Å². The Balaban J connectivity index is 1.46. The summed E-state index contributed by atoms with van der Waals surface area (Å²) in [7, 11) is 0. The number of hydrogen-bond acceptors (Lipinski definition) is 5. The minimum atomic E-state index is -0.810. The largest absolute Gasteiger partial charge is 0.492 e. The molecule has 0 aromatic heterocycles. The molecule has 2 aromatic carbocycles. The first-order chi connectivity index (χ1) is 15.3. The van der Waals surface area contributed by atoms with Gasteiger partial charge in [0.1, 0.15) is 30.3 Å². The molecule has 0 amide bonds. The summed E-state index contributed by atoms with van der Waals surface area (Å²) in [6.45, 7) is 13.3. The third-order valence-corrected chi connectivity index (χ3v) is 6.16. The second-order valence-electron chi connectivity index (χ2n) is 9.56. The van der Waals surface area contributed by atoms with Crippen LogP contribution in [0.5, 0.6) is 11.5 Å². The van der Waals surface area contributed by atoms with Crippen LogP contribution in [0, 0.1) is 0 Å². The van der Waals surface area contributed by atoms with Crippen molar-refractivity contribution in [3.63, 3.8) is 0 Å². The van der Waals surface area contributed by atoms with Crippen LogP contribution in [0.15, 0.2) is 54.6 Å². The molecule has 1 aliphatic heterocycles. The highest BCUT2D eigenvalue weighted by atomic mass is 16.5. The van der Waals surface area contributed by atoms with Crippen molar-refractivity contribution in [3.8, 4) is 11.5 Å². The summed E-state index contributed by atoms with van der Waals surface area (Å²) in [6, 6.07) is 19.1. The fourth-order valence-electron chi connectivity index (χ4n) is 4.52. The first kappa shape index (κ1) is 24.6. The van der Waals surface area contributed by atoms with Gasteiger partial charge in [0.25, 0.3) is 0 Å². The zero-order chi connectivity index (χ0) is 23.0. The molecule has 0 aliphatic carbocycles. The molecule has 0 spiro atoms. The Morgan fingerprint density at radius 1 is 0.938 bits per heavy atom. The number of likely N-dealkylation sites (tertiary alicyclic amines) is 1. The lowest BCUT2D eigenvalue weighted by molar-refractivity contribution is -0.0621. The van der Waals surface area contributed by atoms with Crippen molar-refractivity contribution >= 4 is 0 Å². The maximum atomic E-state index is 11.1. The summed E-state index contributed by atoms with van der Waals surface area (Å²) in [5.74, 6) is 1.71. The first-order valence-electron chi connectivity index (χ1n) is 11.9. The van der Waals surface area contributed by atoms with E-state index in [1.165, 1.54) is 5.56 Å². The topological polar surface area (TPSA) is 45.2 Å². The fourth-order valence-corrected chi connectivity index (χ4v) is 4.52. The number of nitrogens with zero attached hydrogens (tertiary/aromatic N) is 2. The van der Waals surface area contributed by atoms with E-state index in [1.54, 1.807) is 0 Å². The number of para-hydroxylation sites is 1. The molecule has 1 unspecified atom stereocenters. The van der Waals surface area contributed by atoms with Crippen molar-refractivity contribution in [1.82, 2.24) is 9.80 Å². The van der Waals surface area contributed by atoms with Gasteiger partial charge < -0.3 is 14.6 Å². The van der Waals surface area contributed by atoms with Gasteiger partial charge in [-0.2, -0.15) is 0 Å². The summed E-state index contributed by atoms with van der Waals surface area (Å²) in [4.78, 5) is 4.75. The van der Waals surface area contributed by atoms with Crippen molar-refractivity contribution < 1.29 is 14.6 Å². The van der Waals surface area contributed by atoms with Gasteiger partial charge in [0.05, 0.1) is 0 Å². The van der Waals surface area contributed by atoms with E-state index in [4.69, 9.17) is 9.47 Å². The molecule has 1 aliphatic rings. The smallest absolute Gasteiger partial charge is 0.119 e. The minimum Gasteiger partial charge on any atom is -0.492 e. The fraction of sp³-hybridized carbons (Fsp3) is 0.556. The molecule has 1 atom stereocenters. The van der Waals surface area contributed by atoms with E-state index >= 15 is 0 Å². The zero-order valence-electron chi connectivity index (χ0n) is 20.2. The maximum absolute atomic E-state index is 11.1. The Bertz CT molecular complexity index is 786. The van der Waals surface area contributed by atoms with Crippen LogP contribution in [0.2, 0.25) is 0 Å². The summed E-state index contributed by atoms with van der Waals surface area (Å²) >= 11 is 0. The van der Waals surface area contributed by atoms with Gasteiger partial charge in [0.15, 0.2) is 0 Å². The Morgan fingerprint density at radius 3 is 2.25 bits per heavy atom. The monoisotopic (exact) mass is 440 g/mol. The second kappa shape index (κ2) is 11.7. The molecule has 32 heavy (non-hydrogen) atoms. The van der Waals surface area contributed by atoms with Crippen molar-refractivity contribution in [1.29, 1.82) is 0 Å². The molecule has 2 aromatic rings. The van der Waals surface area contributed by atoms with Gasteiger partial charge in [-0.1, -0.05) is 30.3 Å². The summed E-state index contributed by atoms with van der Waals surface area (Å²) < 4.78 is 11.8. The second-order valence-corrected chi connectivity index (χ2v) is 9.56. The molecule has 0 radical (unpaired) electrons. The molecule has 5 nitrogen and oxygen atoms in total.